The second kappa shape index (κ2) is 5.67. The molecule has 2 aromatic rings. The van der Waals surface area contributed by atoms with E-state index in [0.29, 0.717) is 0 Å². The zero-order chi connectivity index (χ0) is 12.3. The number of nitrogens with one attached hydrogen (secondary N) is 1. The van der Waals surface area contributed by atoms with Crippen molar-refractivity contribution in [3.05, 3.63) is 56.7 Å². The summed E-state index contributed by atoms with van der Waals surface area (Å²) in [6.45, 7) is 5.18. The Hall–Kier alpha value is -0.830. The molecule has 17 heavy (non-hydrogen) atoms. The van der Waals surface area contributed by atoms with Gasteiger partial charge in [0.2, 0.25) is 0 Å². The number of halogens is 1. The average Bonchev–Trinajstić information content (AvgIpc) is 2.74. The molecule has 1 nitrogen and oxygen atoms in total. The predicted octanol–water partition coefficient (Wildman–Crippen LogP) is 4.41. The summed E-state index contributed by atoms with van der Waals surface area (Å²) in [6.07, 6.45) is 0. The molecule has 2 rings (SSSR count). The van der Waals surface area contributed by atoms with Crippen molar-refractivity contribution < 1.29 is 0 Å². The second-order valence-electron chi connectivity index (χ2n) is 4.02. The molecule has 0 amide bonds. The highest BCUT2D eigenvalue weighted by Gasteiger charge is 2.17. The molecule has 0 saturated carbocycles. The summed E-state index contributed by atoms with van der Waals surface area (Å²) in [5.41, 5.74) is 3.79. The molecule has 0 aliphatic rings. The molecule has 0 aliphatic carbocycles. The predicted molar refractivity (Wildman–Crippen MR) is 76.0 cm³/mol. The van der Waals surface area contributed by atoms with Gasteiger partial charge in [0.25, 0.3) is 0 Å². The first-order chi connectivity index (χ1) is 8.24. The molecular formula is C14H16ClNS. The summed E-state index contributed by atoms with van der Waals surface area (Å²) in [5.74, 6) is 0. The molecule has 0 spiro atoms. The van der Waals surface area contributed by atoms with Gasteiger partial charge in [0.1, 0.15) is 0 Å². The Kier molecular flexibility index (Phi) is 4.21. The number of benzene rings is 1. The standard InChI is InChI=1S/C14H16ClNS/c1-3-16-14(12-9-17-8-10(12)2)11-6-4-5-7-13(11)15/h4-9,14,16H,3H2,1-2H3. The Balaban J connectivity index is 2.43. The minimum absolute atomic E-state index is 0.194. The van der Waals surface area contributed by atoms with E-state index in [-0.39, 0.29) is 6.04 Å². The number of thiophene rings is 1. The van der Waals surface area contributed by atoms with Gasteiger partial charge >= 0.3 is 0 Å². The lowest BCUT2D eigenvalue weighted by Crippen LogP contribution is -2.22. The minimum atomic E-state index is 0.194. The van der Waals surface area contributed by atoms with Crippen LogP contribution in [0.1, 0.15) is 29.7 Å². The highest BCUT2D eigenvalue weighted by Crippen LogP contribution is 2.31. The molecule has 1 aromatic carbocycles. The van der Waals surface area contributed by atoms with E-state index in [1.54, 1.807) is 11.3 Å². The molecular weight excluding hydrogens is 250 g/mol. The van der Waals surface area contributed by atoms with Crippen LogP contribution in [0.25, 0.3) is 0 Å². The molecule has 1 unspecified atom stereocenters. The van der Waals surface area contributed by atoms with E-state index >= 15 is 0 Å². The van der Waals surface area contributed by atoms with Crippen molar-refractivity contribution in [2.24, 2.45) is 0 Å². The molecule has 1 aromatic heterocycles. The molecule has 1 atom stereocenters. The van der Waals surface area contributed by atoms with E-state index < -0.39 is 0 Å². The SMILES string of the molecule is CCNC(c1cscc1C)c1ccccc1Cl. The zero-order valence-electron chi connectivity index (χ0n) is 10.0. The van der Waals surface area contributed by atoms with Gasteiger partial charge in [-0.05, 0) is 47.0 Å². The molecule has 0 bridgehead atoms. The van der Waals surface area contributed by atoms with Gasteiger partial charge in [0.05, 0.1) is 6.04 Å². The smallest absolute Gasteiger partial charge is 0.0602 e. The zero-order valence-corrected chi connectivity index (χ0v) is 11.6. The lowest BCUT2D eigenvalue weighted by Gasteiger charge is -2.19. The molecule has 3 heteroatoms. The van der Waals surface area contributed by atoms with Gasteiger partial charge in [-0.1, -0.05) is 36.7 Å². The van der Waals surface area contributed by atoms with Gasteiger partial charge in [-0.2, -0.15) is 11.3 Å². The fourth-order valence-electron chi connectivity index (χ4n) is 1.97. The van der Waals surface area contributed by atoms with Gasteiger partial charge in [-0.25, -0.2) is 0 Å². The fraction of sp³-hybridized carbons (Fsp3) is 0.286. The summed E-state index contributed by atoms with van der Waals surface area (Å²) in [4.78, 5) is 0. The first-order valence-corrected chi connectivity index (χ1v) is 7.06. The van der Waals surface area contributed by atoms with Crippen molar-refractivity contribution in [1.82, 2.24) is 5.32 Å². The molecule has 0 saturated heterocycles. The molecule has 0 fully saturated rings. The molecule has 1 N–H and O–H groups in total. The van der Waals surface area contributed by atoms with Crippen molar-refractivity contribution in [2.75, 3.05) is 6.54 Å². The van der Waals surface area contributed by atoms with Crippen LogP contribution in [0.4, 0.5) is 0 Å². The number of hydrogen-bond donors (Lipinski definition) is 1. The van der Waals surface area contributed by atoms with Crippen molar-refractivity contribution >= 4 is 22.9 Å². The molecule has 90 valence electrons. The summed E-state index contributed by atoms with van der Waals surface area (Å²) in [7, 11) is 0. The van der Waals surface area contributed by atoms with Crippen LogP contribution in [0.2, 0.25) is 5.02 Å². The summed E-state index contributed by atoms with van der Waals surface area (Å²) >= 11 is 8.03. The topological polar surface area (TPSA) is 12.0 Å². The summed E-state index contributed by atoms with van der Waals surface area (Å²) in [5, 5.41) is 8.71. The number of rotatable bonds is 4. The summed E-state index contributed by atoms with van der Waals surface area (Å²) in [6, 6.07) is 8.23. The number of aryl methyl sites for hydroxylation is 1. The van der Waals surface area contributed by atoms with Crippen LogP contribution >= 0.6 is 22.9 Å². The third-order valence-electron chi connectivity index (χ3n) is 2.83. The van der Waals surface area contributed by atoms with Crippen LogP contribution in [0.3, 0.4) is 0 Å². The first-order valence-electron chi connectivity index (χ1n) is 5.74. The number of hydrogen-bond acceptors (Lipinski definition) is 2. The Morgan fingerprint density at radius 2 is 2.00 bits per heavy atom. The van der Waals surface area contributed by atoms with Crippen LogP contribution in [0.15, 0.2) is 35.0 Å². The third kappa shape index (κ3) is 2.71. The van der Waals surface area contributed by atoms with Gasteiger partial charge in [-0.3, -0.25) is 0 Å². The average molecular weight is 266 g/mol. The van der Waals surface area contributed by atoms with E-state index in [2.05, 4.69) is 36.0 Å². The maximum atomic E-state index is 6.29. The maximum absolute atomic E-state index is 6.29. The lowest BCUT2D eigenvalue weighted by atomic mass is 9.98. The quantitative estimate of drug-likeness (QED) is 0.864. The van der Waals surface area contributed by atoms with Gasteiger partial charge in [0, 0.05) is 5.02 Å². The molecule has 1 heterocycles. The van der Waals surface area contributed by atoms with Crippen LogP contribution < -0.4 is 5.32 Å². The van der Waals surface area contributed by atoms with Crippen LogP contribution in [0, 0.1) is 6.92 Å². The van der Waals surface area contributed by atoms with E-state index in [9.17, 15) is 0 Å². The fourth-order valence-corrected chi connectivity index (χ4v) is 3.09. The van der Waals surface area contributed by atoms with Crippen LogP contribution in [0.5, 0.6) is 0 Å². The van der Waals surface area contributed by atoms with Gasteiger partial charge < -0.3 is 5.32 Å². The van der Waals surface area contributed by atoms with Crippen molar-refractivity contribution in [2.45, 2.75) is 19.9 Å². The van der Waals surface area contributed by atoms with Crippen molar-refractivity contribution in [1.29, 1.82) is 0 Å². The van der Waals surface area contributed by atoms with Crippen molar-refractivity contribution in [3.8, 4) is 0 Å². The Labute approximate surface area is 111 Å². The van der Waals surface area contributed by atoms with E-state index in [1.807, 2.05) is 18.2 Å². The van der Waals surface area contributed by atoms with E-state index in [4.69, 9.17) is 11.6 Å². The minimum Gasteiger partial charge on any atom is -0.306 e. The monoisotopic (exact) mass is 265 g/mol. The normalized spacial score (nSPS) is 12.6. The van der Waals surface area contributed by atoms with E-state index in [0.717, 1.165) is 17.1 Å². The first kappa shape index (κ1) is 12.6. The van der Waals surface area contributed by atoms with Crippen molar-refractivity contribution in [3.63, 3.8) is 0 Å². The molecule has 0 aliphatic heterocycles. The summed E-state index contributed by atoms with van der Waals surface area (Å²) < 4.78 is 0. The largest absolute Gasteiger partial charge is 0.306 e. The van der Waals surface area contributed by atoms with Gasteiger partial charge in [0.15, 0.2) is 0 Å². The van der Waals surface area contributed by atoms with Crippen LogP contribution in [-0.2, 0) is 0 Å². The van der Waals surface area contributed by atoms with Gasteiger partial charge in [-0.15, -0.1) is 0 Å². The van der Waals surface area contributed by atoms with E-state index in [1.165, 1.54) is 11.1 Å². The van der Waals surface area contributed by atoms with Crippen LogP contribution in [-0.4, -0.2) is 6.54 Å². The Morgan fingerprint density at radius 3 is 2.59 bits per heavy atom. The molecule has 0 radical (unpaired) electrons. The highest BCUT2D eigenvalue weighted by molar-refractivity contribution is 7.08. The maximum Gasteiger partial charge on any atom is 0.0602 e. The lowest BCUT2D eigenvalue weighted by molar-refractivity contribution is 0.630. The second-order valence-corrected chi connectivity index (χ2v) is 5.17. The highest BCUT2D eigenvalue weighted by atomic mass is 35.5. The third-order valence-corrected chi connectivity index (χ3v) is 4.05. The Bertz CT molecular complexity index is 492. The Morgan fingerprint density at radius 1 is 1.24 bits per heavy atom.